The van der Waals surface area contributed by atoms with E-state index in [0.29, 0.717) is 13.1 Å². The molecular formula is C21H25N5O. The molecule has 1 aliphatic heterocycles. The van der Waals surface area contributed by atoms with E-state index in [0.717, 1.165) is 29.9 Å². The average Bonchev–Trinajstić information content (AvgIpc) is 3.27. The van der Waals surface area contributed by atoms with Gasteiger partial charge in [-0.25, -0.2) is 4.79 Å². The minimum Gasteiger partial charge on any atom is -0.321 e. The van der Waals surface area contributed by atoms with Crippen LogP contribution in [-0.2, 0) is 33.0 Å². The minimum absolute atomic E-state index is 0. The fourth-order valence-corrected chi connectivity index (χ4v) is 3.53. The zero-order valence-electron chi connectivity index (χ0n) is 15.6. The molecule has 0 bridgehead atoms. The molecule has 2 heterocycles. The average molecular weight is 363 g/mol. The summed E-state index contributed by atoms with van der Waals surface area (Å²) in [5, 5.41) is 11.1. The number of hydrogen-bond acceptors (Lipinski definition) is 3. The van der Waals surface area contributed by atoms with Crippen molar-refractivity contribution in [2.75, 3.05) is 5.32 Å². The monoisotopic (exact) mass is 363 g/mol. The van der Waals surface area contributed by atoms with Crippen LogP contribution in [0, 0.1) is 6.92 Å². The Bertz CT molecular complexity index is 984. The normalized spacial score (nSPS) is 12.9. The number of aryl methyl sites for hydroxylation is 4. The van der Waals surface area contributed by atoms with Gasteiger partial charge in [0, 0.05) is 33.7 Å². The first-order chi connectivity index (χ1) is 13.1. The van der Waals surface area contributed by atoms with Crippen LogP contribution in [0.15, 0.2) is 48.8 Å². The molecule has 1 aromatic heterocycles. The van der Waals surface area contributed by atoms with Gasteiger partial charge in [0.25, 0.3) is 0 Å². The van der Waals surface area contributed by atoms with Crippen molar-refractivity contribution in [2.24, 2.45) is 7.05 Å². The van der Waals surface area contributed by atoms with Crippen molar-refractivity contribution in [2.45, 2.75) is 32.9 Å². The van der Waals surface area contributed by atoms with Gasteiger partial charge < -0.3 is 14.8 Å². The highest BCUT2D eigenvalue weighted by Crippen LogP contribution is 2.26. The second-order valence-corrected chi connectivity index (χ2v) is 7.06. The van der Waals surface area contributed by atoms with Crippen LogP contribution in [0.3, 0.4) is 0 Å². The molecule has 0 atom stereocenters. The van der Waals surface area contributed by atoms with Crippen molar-refractivity contribution >= 4 is 11.7 Å². The molecular weight excluding hydrogens is 338 g/mol. The molecule has 1 N–H and O–H groups in total. The Morgan fingerprint density at radius 1 is 1.19 bits per heavy atom. The molecule has 0 radical (unpaired) electrons. The van der Waals surface area contributed by atoms with Gasteiger partial charge in [-0.2, -0.15) is 0 Å². The summed E-state index contributed by atoms with van der Waals surface area (Å²) in [7, 11) is 1.95. The number of amides is 2. The third-order valence-corrected chi connectivity index (χ3v) is 5.13. The summed E-state index contributed by atoms with van der Waals surface area (Å²) in [6.45, 7) is 3.43. The first-order valence-corrected chi connectivity index (χ1v) is 9.15. The number of carbonyl (C=O) groups is 1. The third-order valence-electron chi connectivity index (χ3n) is 5.13. The molecule has 0 saturated carbocycles. The van der Waals surface area contributed by atoms with Crippen molar-refractivity contribution in [1.82, 2.24) is 19.7 Å². The van der Waals surface area contributed by atoms with Crippen LogP contribution in [0.5, 0.6) is 0 Å². The van der Waals surface area contributed by atoms with Crippen LogP contribution in [0.4, 0.5) is 10.5 Å². The van der Waals surface area contributed by atoms with Crippen LogP contribution in [0.2, 0.25) is 0 Å². The molecule has 0 saturated heterocycles. The summed E-state index contributed by atoms with van der Waals surface area (Å²) in [5.74, 6) is 0.953. The lowest BCUT2D eigenvalue weighted by molar-refractivity contribution is 0.212. The van der Waals surface area contributed by atoms with Crippen molar-refractivity contribution < 1.29 is 6.22 Å². The van der Waals surface area contributed by atoms with E-state index in [4.69, 9.17) is 0 Å². The van der Waals surface area contributed by atoms with Crippen molar-refractivity contribution in [1.29, 1.82) is 0 Å². The summed E-state index contributed by atoms with van der Waals surface area (Å²) in [4.78, 5) is 14.5. The standard InChI is InChI=1S/C21H23N5O.H2/c1-15-5-3-7-17-12-26(13-19(15)17)21(27)23-18-8-4-6-16(11-18)9-10-20-24-22-14-25(20)2;/h3-8,11,14H,9-10,12-13H2,1-2H3,(H,23,27);1H. The van der Waals surface area contributed by atoms with Gasteiger partial charge in [0.1, 0.15) is 12.2 Å². The molecule has 2 amide bonds. The van der Waals surface area contributed by atoms with Crippen molar-refractivity contribution in [3.8, 4) is 0 Å². The van der Waals surface area contributed by atoms with Crippen LogP contribution in [-0.4, -0.2) is 25.7 Å². The van der Waals surface area contributed by atoms with Crippen LogP contribution in [0.1, 0.15) is 29.5 Å². The molecule has 3 aromatic rings. The van der Waals surface area contributed by atoms with Gasteiger partial charge in [0.15, 0.2) is 0 Å². The highest BCUT2D eigenvalue weighted by molar-refractivity contribution is 5.89. The molecule has 6 heteroatoms. The second-order valence-electron chi connectivity index (χ2n) is 7.06. The Morgan fingerprint density at radius 3 is 2.81 bits per heavy atom. The van der Waals surface area contributed by atoms with Gasteiger partial charge in [-0.1, -0.05) is 30.3 Å². The number of nitrogens with one attached hydrogen (secondary N) is 1. The predicted octanol–water partition coefficient (Wildman–Crippen LogP) is 3.70. The van der Waals surface area contributed by atoms with Gasteiger partial charge in [0.2, 0.25) is 0 Å². The number of fused-ring (bicyclic) bond motifs is 1. The summed E-state index contributed by atoms with van der Waals surface area (Å²) in [6.07, 6.45) is 3.38. The number of carbonyl (C=O) groups excluding carboxylic acids is 1. The number of urea groups is 1. The minimum atomic E-state index is -0.0592. The molecule has 27 heavy (non-hydrogen) atoms. The summed E-state index contributed by atoms with van der Waals surface area (Å²) in [5.41, 5.74) is 5.74. The van der Waals surface area contributed by atoms with Crippen LogP contribution >= 0.6 is 0 Å². The Kier molecular flexibility index (Phi) is 4.62. The van der Waals surface area contributed by atoms with E-state index >= 15 is 0 Å². The van der Waals surface area contributed by atoms with Gasteiger partial charge >= 0.3 is 6.03 Å². The molecule has 6 nitrogen and oxygen atoms in total. The molecule has 4 rings (SSSR count). The third kappa shape index (κ3) is 3.69. The van der Waals surface area contributed by atoms with E-state index in [9.17, 15) is 4.79 Å². The van der Waals surface area contributed by atoms with Gasteiger partial charge in [-0.3, -0.25) is 0 Å². The summed E-state index contributed by atoms with van der Waals surface area (Å²) < 4.78 is 1.93. The Labute approximate surface area is 160 Å². The van der Waals surface area contributed by atoms with Gasteiger partial charge in [-0.15, -0.1) is 10.2 Å². The molecule has 1 aliphatic rings. The van der Waals surface area contributed by atoms with E-state index < -0.39 is 0 Å². The largest absolute Gasteiger partial charge is 0.322 e. The second kappa shape index (κ2) is 7.23. The maximum Gasteiger partial charge on any atom is 0.322 e. The van der Waals surface area contributed by atoms with E-state index in [1.807, 2.05) is 34.7 Å². The maximum atomic E-state index is 12.7. The SMILES string of the molecule is Cc1cccc2c1CN(C(=O)Nc1cccc(CCc3nncn3C)c1)C2.[HH]. The quantitative estimate of drug-likeness (QED) is 0.769. The Morgan fingerprint density at radius 2 is 2.04 bits per heavy atom. The van der Waals surface area contributed by atoms with E-state index in [1.54, 1.807) is 6.33 Å². The fraction of sp³-hybridized carbons (Fsp3) is 0.286. The highest BCUT2D eigenvalue weighted by Gasteiger charge is 2.24. The smallest absolute Gasteiger partial charge is 0.321 e. The molecule has 0 fully saturated rings. The number of hydrogen-bond donors (Lipinski definition) is 1. The molecule has 0 unspecified atom stereocenters. The lowest BCUT2D eigenvalue weighted by Crippen LogP contribution is -2.30. The van der Waals surface area contributed by atoms with Crippen molar-refractivity contribution in [3.05, 3.63) is 76.9 Å². The van der Waals surface area contributed by atoms with Crippen LogP contribution < -0.4 is 5.32 Å². The molecule has 0 aliphatic carbocycles. The van der Waals surface area contributed by atoms with E-state index in [1.165, 1.54) is 16.7 Å². The zero-order chi connectivity index (χ0) is 18.8. The number of nitrogens with zero attached hydrogens (tertiary/aromatic N) is 4. The highest BCUT2D eigenvalue weighted by atomic mass is 16.2. The summed E-state index contributed by atoms with van der Waals surface area (Å²) >= 11 is 0. The van der Waals surface area contributed by atoms with Gasteiger partial charge in [-0.05, 0) is 47.7 Å². The maximum absolute atomic E-state index is 12.7. The van der Waals surface area contributed by atoms with Crippen LogP contribution in [0.25, 0.3) is 0 Å². The molecule has 0 spiro atoms. The fourth-order valence-electron chi connectivity index (χ4n) is 3.53. The lowest BCUT2D eigenvalue weighted by atomic mass is 10.1. The number of benzene rings is 2. The van der Waals surface area contributed by atoms with E-state index in [-0.39, 0.29) is 7.46 Å². The molecule has 140 valence electrons. The number of rotatable bonds is 4. The number of aromatic nitrogens is 3. The Hall–Kier alpha value is -3.15. The zero-order valence-corrected chi connectivity index (χ0v) is 15.6. The first kappa shape index (κ1) is 17.3. The predicted molar refractivity (Wildman–Crippen MR) is 106 cm³/mol. The number of anilines is 1. The van der Waals surface area contributed by atoms with Crippen molar-refractivity contribution in [3.63, 3.8) is 0 Å². The topological polar surface area (TPSA) is 63.1 Å². The first-order valence-electron chi connectivity index (χ1n) is 9.15. The molecule has 2 aromatic carbocycles. The van der Waals surface area contributed by atoms with E-state index in [2.05, 4.69) is 46.7 Å². The summed E-state index contributed by atoms with van der Waals surface area (Å²) in [6, 6.07) is 14.2. The lowest BCUT2D eigenvalue weighted by Gasteiger charge is -2.17. The Balaban J connectivity index is 0.00000225. The van der Waals surface area contributed by atoms with Gasteiger partial charge in [0.05, 0.1) is 0 Å².